The summed E-state index contributed by atoms with van der Waals surface area (Å²) in [6, 6.07) is 15.0. The molecule has 126 valence electrons. The van der Waals surface area contributed by atoms with E-state index in [4.69, 9.17) is 0 Å². The molecule has 0 saturated carbocycles. The van der Waals surface area contributed by atoms with Crippen molar-refractivity contribution in [3.8, 4) is 0 Å². The van der Waals surface area contributed by atoms with E-state index in [1.54, 1.807) is 12.1 Å². The van der Waals surface area contributed by atoms with E-state index in [0.717, 1.165) is 29.7 Å². The molecule has 3 nitrogen and oxygen atoms in total. The zero-order valence-corrected chi connectivity index (χ0v) is 14.0. The highest BCUT2D eigenvalue weighted by Gasteiger charge is 2.22. The fourth-order valence-corrected chi connectivity index (χ4v) is 3.44. The molecule has 0 spiro atoms. The van der Waals surface area contributed by atoms with Crippen LogP contribution in [-0.2, 0) is 17.8 Å². The summed E-state index contributed by atoms with van der Waals surface area (Å²) >= 11 is 0. The Morgan fingerprint density at radius 1 is 1.21 bits per heavy atom. The van der Waals surface area contributed by atoms with Crippen molar-refractivity contribution in [1.29, 1.82) is 0 Å². The lowest BCUT2D eigenvalue weighted by Crippen LogP contribution is -3.08. The van der Waals surface area contributed by atoms with Crippen LogP contribution in [0.5, 0.6) is 0 Å². The minimum Gasteiger partial charge on any atom is -0.344 e. The first kappa shape index (κ1) is 16.7. The standard InChI is InChI=1S/C20H23FN2O/c1-23(13-15-9-11-17(21)12-10-15)14-20(24)22-19-8-4-6-16-5-2-3-7-18(16)19/h2-3,5,7,9-12,19H,4,6,8,13-14H2,1H3,(H,22,24)/p+1/t19-/m1/s1. The minimum absolute atomic E-state index is 0.0660. The summed E-state index contributed by atoms with van der Waals surface area (Å²) in [5, 5.41) is 3.18. The number of carbonyl (C=O) groups is 1. The van der Waals surface area contributed by atoms with Crippen molar-refractivity contribution in [1.82, 2.24) is 5.32 Å². The third kappa shape index (κ3) is 4.20. The van der Waals surface area contributed by atoms with E-state index in [1.807, 2.05) is 13.1 Å². The van der Waals surface area contributed by atoms with Crippen molar-refractivity contribution in [2.24, 2.45) is 0 Å². The Labute approximate surface area is 142 Å². The van der Waals surface area contributed by atoms with E-state index in [2.05, 4.69) is 23.5 Å². The Kier molecular flexibility index (Phi) is 5.26. The van der Waals surface area contributed by atoms with Crippen LogP contribution in [0.4, 0.5) is 4.39 Å². The van der Waals surface area contributed by atoms with Crippen LogP contribution >= 0.6 is 0 Å². The fraction of sp³-hybridized carbons (Fsp3) is 0.350. The van der Waals surface area contributed by atoms with Gasteiger partial charge >= 0.3 is 0 Å². The topological polar surface area (TPSA) is 33.5 Å². The molecule has 0 saturated heterocycles. The zero-order chi connectivity index (χ0) is 16.9. The van der Waals surface area contributed by atoms with E-state index < -0.39 is 0 Å². The van der Waals surface area contributed by atoms with Gasteiger partial charge in [0.2, 0.25) is 0 Å². The van der Waals surface area contributed by atoms with Gasteiger partial charge in [0.25, 0.3) is 5.91 Å². The molecule has 2 aromatic carbocycles. The second-order valence-corrected chi connectivity index (χ2v) is 6.65. The van der Waals surface area contributed by atoms with Gasteiger partial charge in [0.15, 0.2) is 6.54 Å². The number of likely N-dealkylation sites (N-methyl/N-ethyl adjacent to an activating group) is 1. The minimum atomic E-state index is -0.231. The van der Waals surface area contributed by atoms with Gasteiger partial charge in [0.05, 0.1) is 13.1 Å². The monoisotopic (exact) mass is 327 g/mol. The molecule has 1 aliphatic rings. The molecule has 4 heteroatoms. The molecule has 0 heterocycles. The molecule has 0 bridgehead atoms. The summed E-state index contributed by atoms with van der Waals surface area (Å²) in [5.74, 6) is -0.165. The summed E-state index contributed by atoms with van der Waals surface area (Å²) in [5.41, 5.74) is 3.64. The molecule has 2 atom stereocenters. The number of benzene rings is 2. The smallest absolute Gasteiger partial charge is 0.275 e. The maximum absolute atomic E-state index is 12.9. The second-order valence-electron chi connectivity index (χ2n) is 6.65. The Morgan fingerprint density at radius 3 is 2.75 bits per heavy atom. The number of rotatable bonds is 5. The Morgan fingerprint density at radius 2 is 1.96 bits per heavy atom. The number of aryl methyl sites for hydroxylation is 1. The molecule has 0 radical (unpaired) electrons. The summed E-state index contributed by atoms with van der Waals surface area (Å²) in [7, 11) is 1.98. The van der Waals surface area contributed by atoms with E-state index in [0.29, 0.717) is 13.1 Å². The molecule has 3 rings (SSSR count). The van der Waals surface area contributed by atoms with Crippen molar-refractivity contribution in [2.75, 3.05) is 13.6 Å². The van der Waals surface area contributed by atoms with E-state index in [1.165, 1.54) is 23.3 Å². The lowest BCUT2D eigenvalue weighted by molar-refractivity contribution is -0.885. The van der Waals surface area contributed by atoms with Crippen LogP contribution in [0.2, 0.25) is 0 Å². The van der Waals surface area contributed by atoms with E-state index in [9.17, 15) is 9.18 Å². The van der Waals surface area contributed by atoms with Crippen LogP contribution < -0.4 is 10.2 Å². The average molecular weight is 327 g/mol. The van der Waals surface area contributed by atoms with Crippen molar-refractivity contribution in [3.05, 3.63) is 71.0 Å². The summed E-state index contributed by atoms with van der Waals surface area (Å²) < 4.78 is 12.9. The number of quaternary nitrogens is 1. The molecule has 0 fully saturated rings. The van der Waals surface area contributed by atoms with Crippen LogP contribution in [-0.4, -0.2) is 19.5 Å². The summed E-state index contributed by atoms with van der Waals surface area (Å²) in [6.45, 7) is 1.12. The van der Waals surface area contributed by atoms with E-state index >= 15 is 0 Å². The molecular formula is C20H24FN2O+. The van der Waals surface area contributed by atoms with Gasteiger partial charge in [0.1, 0.15) is 12.4 Å². The van der Waals surface area contributed by atoms with Crippen LogP contribution in [0.3, 0.4) is 0 Å². The molecular weight excluding hydrogens is 303 g/mol. The quantitative estimate of drug-likeness (QED) is 0.866. The van der Waals surface area contributed by atoms with Gasteiger partial charge in [-0.2, -0.15) is 0 Å². The molecule has 0 aliphatic heterocycles. The van der Waals surface area contributed by atoms with Crippen molar-refractivity contribution in [2.45, 2.75) is 31.8 Å². The van der Waals surface area contributed by atoms with Crippen molar-refractivity contribution in [3.63, 3.8) is 0 Å². The second kappa shape index (κ2) is 7.58. The van der Waals surface area contributed by atoms with Gasteiger partial charge in [-0.15, -0.1) is 0 Å². The molecule has 24 heavy (non-hydrogen) atoms. The molecule has 2 aromatic rings. The van der Waals surface area contributed by atoms with Crippen molar-refractivity contribution < 1.29 is 14.1 Å². The number of amides is 1. The predicted molar refractivity (Wildman–Crippen MR) is 92.1 cm³/mol. The summed E-state index contributed by atoms with van der Waals surface area (Å²) in [6.07, 6.45) is 3.21. The third-order valence-corrected chi connectivity index (χ3v) is 4.59. The Bertz CT molecular complexity index is 699. The molecule has 1 aliphatic carbocycles. The van der Waals surface area contributed by atoms with Crippen LogP contribution in [0, 0.1) is 5.82 Å². The number of hydrogen-bond acceptors (Lipinski definition) is 1. The number of carbonyl (C=O) groups excluding carboxylic acids is 1. The van der Waals surface area contributed by atoms with Gasteiger partial charge in [0, 0.05) is 5.56 Å². The highest BCUT2D eigenvalue weighted by atomic mass is 19.1. The maximum atomic E-state index is 12.9. The highest BCUT2D eigenvalue weighted by molar-refractivity contribution is 5.77. The SMILES string of the molecule is C[NH+](CC(=O)N[C@@H]1CCCc2ccccc21)Cc1ccc(F)cc1. The summed E-state index contributed by atoms with van der Waals surface area (Å²) in [4.78, 5) is 13.5. The van der Waals surface area contributed by atoms with Gasteiger partial charge in [-0.3, -0.25) is 4.79 Å². The van der Waals surface area contributed by atoms with Crippen molar-refractivity contribution >= 4 is 5.91 Å². The number of nitrogens with one attached hydrogen (secondary N) is 2. The lowest BCUT2D eigenvalue weighted by Gasteiger charge is -2.26. The van der Waals surface area contributed by atoms with Gasteiger partial charge < -0.3 is 10.2 Å². The Hall–Kier alpha value is -2.20. The van der Waals surface area contributed by atoms with Gasteiger partial charge in [-0.25, -0.2) is 4.39 Å². The first-order valence-electron chi connectivity index (χ1n) is 8.55. The largest absolute Gasteiger partial charge is 0.344 e. The molecule has 0 aromatic heterocycles. The first-order valence-corrected chi connectivity index (χ1v) is 8.55. The van der Waals surface area contributed by atoms with Crippen LogP contribution in [0.1, 0.15) is 35.6 Å². The van der Waals surface area contributed by atoms with Gasteiger partial charge in [-0.1, -0.05) is 36.4 Å². The van der Waals surface area contributed by atoms with Crippen LogP contribution in [0.15, 0.2) is 48.5 Å². The molecule has 2 N–H and O–H groups in total. The number of hydrogen-bond donors (Lipinski definition) is 2. The predicted octanol–water partition coefficient (Wildman–Crippen LogP) is 2.03. The van der Waals surface area contributed by atoms with E-state index in [-0.39, 0.29) is 17.8 Å². The normalized spacial score (nSPS) is 17.8. The maximum Gasteiger partial charge on any atom is 0.275 e. The van der Waals surface area contributed by atoms with Gasteiger partial charge in [-0.05, 0) is 42.5 Å². The molecule has 1 unspecified atom stereocenters. The first-order chi connectivity index (χ1) is 11.6. The fourth-order valence-electron chi connectivity index (χ4n) is 3.44. The Balaban J connectivity index is 1.55. The highest BCUT2D eigenvalue weighted by Crippen LogP contribution is 2.29. The lowest BCUT2D eigenvalue weighted by atomic mass is 9.88. The van der Waals surface area contributed by atoms with Crippen LogP contribution in [0.25, 0.3) is 0 Å². The average Bonchev–Trinajstić information content (AvgIpc) is 2.57. The zero-order valence-electron chi connectivity index (χ0n) is 14.0. The third-order valence-electron chi connectivity index (χ3n) is 4.59. The number of halogens is 1. The number of fused-ring (bicyclic) bond motifs is 1. The molecule has 1 amide bonds.